The van der Waals surface area contributed by atoms with E-state index in [2.05, 4.69) is 40.2 Å². The van der Waals surface area contributed by atoms with Crippen LogP contribution in [0.25, 0.3) is 0 Å². The van der Waals surface area contributed by atoms with Crippen LogP contribution in [0.4, 0.5) is 4.39 Å². The summed E-state index contributed by atoms with van der Waals surface area (Å²) in [5.74, 6) is -0.122. The molecule has 1 N–H and O–H groups in total. The molecule has 0 bridgehead atoms. The van der Waals surface area contributed by atoms with Crippen LogP contribution >= 0.6 is 15.9 Å². The molecule has 118 valence electrons. The van der Waals surface area contributed by atoms with E-state index in [0.717, 1.165) is 22.9 Å². The first-order chi connectivity index (χ1) is 10.0. The molecule has 0 saturated heterocycles. The molecule has 0 radical (unpaired) electrons. The number of nitrogens with zero attached hydrogens (tertiary/aromatic N) is 1. The van der Waals surface area contributed by atoms with Gasteiger partial charge < -0.3 is 10.2 Å². The monoisotopic (exact) mass is 356 g/mol. The number of halogens is 2. The molecule has 0 amide bonds. The standard InChI is InChI=1S/C17H26BrFN2/c1-20-16(14-12-13(18)8-9-15(14)19)17(21(2)3)10-6-4-5-7-11-17/h8-9,12,16,20H,4-7,10-11H2,1-3H3. The van der Waals surface area contributed by atoms with E-state index in [1.807, 2.05) is 13.1 Å². The first-order valence-corrected chi connectivity index (χ1v) is 8.60. The summed E-state index contributed by atoms with van der Waals surface area (Å²) in [5, 5.41) is 3.40. The van der Waals surface area contributed by atoms with Gasteiger partial charge in [-0.25, -0.2) is 4.39 Å². The first kappa shape index (κ1) is 16.9. The lowest BCUT2D eigenvalue weighted by Gasteiger charge is -2.46. The molecule has 1 aromatic rings. The summed E-state index contributed by atoms with van der Waals surface area (Å²) in [6.45, 7) is 0. The maximum absolute atomic E-state index is 14.4. The fraction of sp³-hybridized carbons (Fsp3) is 0.647. The molecule has 1 saturated carbocycles. The van der Waals surface area contributed by atoms with Crippen LogP contribution in [0.1, 0.15) is 50.1 Å². The third-order valence-electron chi connectivity index (χ3n) is 4.96. The third-order valence-corrected chi connectivity index (χ3v) is 5.45. The lowest BCUT2D eigenvalue weighted by atomic mass is 9.78. The molecule has 1 aliphatic rings. The Labute approximate surface area is 136 Å². The number of nitrogens with one attached hydrogen (secondary N) is 1. The van der Waals surface area contributed by atoms with Gasteiger partial charge >= 0.3 is 0 Å². The summed E-state index contributed by atoms with van der Waals surface area (Å²) in [7, 11) is 6.21. The van der Waals surface area contributed by atoms with E-state index < -0.39 is 0 Å². The minimum atomic E-state index is -0.122. The van der Waals surface area contributed by atoms with Gasteiger partial charge in [-0.3, -0.25) is 0 Å². The van der Waals surface area contributed by atoms with Crippen molar-refractivity contribution in [1.82, 2.24) is 10.2 Å². The fourth-order valence-electron chi connectivity index (χ4n) is 3.78. The molecule has 2 rings (SSSR count). The van der Waals surface area contributed by atoms with E-state index in [4.69, 9.17) is 0 Å². The van der Waals surface area contributed by atoms with Crippen LogP contribution in [-0.4, -0.2) is 31.6 Å². The van der Waals surface area contributed by atoms with E-state index in [9.17, 15) is 4.39 Å². The number of likely N-dealkylation sites (N-methyl/N-ethyl adjacent to an activating group) is 2. The van der Waals surface area contributed by atoms with Gasteiger partial charge in [0.2, 0.25) is 0 Å². The molecule has 0 heterocycles. The van der Waals surface area contributed by atoms with Gasteiger partial charge in [-0.1, -0.05) is 41.6 Å². The zero-order valence-electron chi connectivity index (χ0n) is 13.3. The molecule has 1 aliphatic carbocycles. The van der Waals surface area contributed by atoms with Crippen LogP contribution in [0, 0.1) is 5.82 Å². The second-order valence-corrected chi connectivity index (χ2v) is 7.22. The van der Waals surface area contributed by atoms with Crippen molar-refractivity contribution in [2.75, 3.05) is 21.1 Å². The predicted octanol–water partition coefficient (Wildman–Crippen LogP) is 4.50. The van der Waals surface area contributed by atoms with Crippen molar-refractivity contribution in [3.63, 3.8) is 0 Å². The molecule has 1 fully saturated rings. The molecule has 0 aliphatic heterocycles. The Morgan fingerprint density at radius 3 is 2.33 bits per heavy atom. The van der Waals surface area contributed by atoms with E-state index in [-0.39, 0.29) is 17.4 Å². The quantitative estimate of drug-likeness (QED) is 0.798. The van der Waals surface area contributed by atoms with Crippen LogP contribution < -0.4 is 5.32 Å². The van der Waals surface area contributed by atoms with Crippen molar-refractivity contribution >= 4 is 15.9 Å². The van der Waals surface area contributed by atoms with Crippen LogP contribution in [0.5, 0.6) is 0 Å². The molecule has 21 heavy (non-hydrogen) atoms. The Morgan fingerprint density at radius 2 is 1.81 bits per heavy atom. The summed E-state index contributed by atoms with van der Waals surface area (Å²) >= 11 is 3.48. The van der Waals surface area contributed by atoms with Gasteiger partial charge in [-0.15, -0.1) is 0 Å². The van der Waals surface area contributed by atoms with Gasteiger partial charge in [0.1, 0.15) is 5.82 Å². The highest BCUT2D eigenvalue weighted by molar-refractivity contribution is 9.10. The maximum atomic E-state index is 14.4. The molecule has 1 aromatic carbocycles. The van der Waals surface area contributed by atoms with Gasteiger partial charge in [0.15, 0.2) is 0 Å². The topological polar surface area (TPSA) is 15.3 Å². The van der Waals surface area contributed by atoms with Gasteiger partial charge in [-0.2, -0.15) is 0 Å². The summed E-state index contributed by atoms with van der Waals surface area (Å²) < 4.78 is 15.3. The zero-order valence-corrected chi connectivity index (χ0v) is 14.8. The van der Waals surface area contributed by atoms with E-state index in [1.165, 1.54) is 25.7 Å². The molecule has 0 aromatic heterocycles. The molecule has 0 spiro atoms. The Kier molecular flexibility index (Phi) is 5.81. The molecular weight excluding hydrogens is 331 g/mol. The minimum Gasteiger partial charge on any atom is -0.311 e. The second kappa shape index (κ2) is 7.21. The summed E-state index contributed by atoms with van der Waals surface area (Å²) in [6.07, 6.45) is 7.22. The summed E-state index contributed by atoms with van der Waals surface area (Å²) in [4.78, 5) is 2.31. The number of hydrogen-bond acceptors (Lipinski definition) is 2. The highest BCUT2D eigenvalue weighted by atomic mass is 79.9. The van der Waals surface area contributed by atoms with Crippen molar-refractivity contribution in [2.24, 2.45) is 0 Å². The third kappa shape index (κ3) is 3.49. The number of hydrogen-bond donors (Lipinski definition) is 1. The van der Waals surface area contributed by atoms with Gasteiger partial charge in [0.25, 0.3) is 0 Å². The lowest BCUT2D eigenvalue weighted by molar-refractivity contribution is 0.0818. The number of benzene rings is 1. The molecule has 4 heteroatoms. The van der Waals surface area contributed by atoms with Crippen LogP contribution in [0.2, 0.25) is 0 Å². The molecule has 2 nitrogen and oxygen atoms in total. The SMILES string of the molecule is CNC(c1cc(Br)ccc1F)C1(N(C)C)CCCCCC1. The summed E-state index contributed by atoms with van der Waals surface area (Å²) in [5.41, 5.74) is 0.745. The normalized spacial score (nSPS) is 20.3. The molecule has 1 unspecified atom stereocenters. The highest BCUT2D eigenvalue weighted by Crippen LogP contribution is 2.42. The van der Waals surface area contributed by atoms with Crippen molar-refractivity contribution in [1.29, 1.82) is 0 Å². The minimum absolute atomic E-state index is 0.00287. The second-order valence-electron chi connectivity index (χ2n) is 6.30. The van der Waals surface area contributed by atoms with Gasteiger partial charge in [0, 0.05) is 15.6 Å². The Morgan fingerprint density at radius 1 is 1.19 bits per heavy atom. The van der Waals surface area contributed by atoms with Gasteiger partial charge in [0.05, 0.1) is 6.04 Å². The Hall–Kier alpha value is -0.450. The molecule has 1 atom stereocenters. The smallest absolute Gasteiger partial charge is 0.128 e. The predicted molar refractivity (Wildman–Crippen MR) is 90.0 cm³/mol. The lowest BCUT2D eigenvalue weighted by Crippen LogP contribution is -2.53. The van der Waals surface area contributed by atoms with Crippen LogP contribution in [0.15, 0.2) is 22.7 Å². The van der Waals surface area contributed by atoms with Crippen molar-refractivity contribution < 1.29 is 4.39 Å². The van der Waals surface area contributed by atoms with Crippen molar-refractivity contribution in [3.8, 4) is 0 Å². The van der Waals surface area contributed by atoms with E-state index in [0.29, 0.717) is 0 Å². The Bertz CT molecular complexity index is 468. The highest BCUT2D eigenvalue weighted by Gasteiger charge is 2.42. The zero-order chi connectivity index (χ0) is 15.5. The van der Waals surface area contributed by atoms with Crippen LogP contribution in [0.3, 0.4) is 0 Å². The maximum Gasteiger partial charge on any atom is 0.128 e. The van der Waals surface area contributed by atoms with Gasteiger partial charge in [-0.05, 0) is 52.2 Å². The fourth-order valence-corrected chi connectivity index (χ4v) is 4.16. The van der Waals surface area contributed by atoms with Crippen molar-refractivity contribution in [2.45, 2.75) is 50.1 Å². The molecular formula is C17H26BrFN2. The van der Waals surface area contributed by atoms with Crippen LogP contribution in [-0.2, 0) is 0 Å². The summed E-state index contributed by atoms with van der Waals surface area (Å²) in [6, 6.07) is 5.25. The first-order valence-electron chi connectivity index (χ1n) is 7.81. The average molecular weight is 357 g/mol. The Balaban J connectivity index is 2.46. The largest absolute Gasteiger partial charge is 0.311 e. The van der Waals surface area contributed by atoms with E-state index >= 15 is 0 Å². The average Bonchev–Trinajstić information content (AvgIpc) is 2.70. The van der Waals surface area contributed by atoms with Crippen molar-refractivity contribution in [3.05, 3.63) is 34.1 Å². The number of rotatable bonds is 4. The van der Waals surface area contributed by atoms with E-state index in [1.54, 1.807) is 12.1 Å².